The number of carboxylic acid groups (broad SMARTS) is 1. The molecule has 5 heteroatoms. The van der Waals surface area contributed by atoms with Gasteiger partial charge in [-0.1, -0.05) is 19.8 Å². The SMILES string of the molecule is CCCCC(N)C(=O)N1CCC(CC(=O)O)CC1. The van der Waals surface area contributed by atoms with Crippen molar-refractivity contribution in [3.63, 3.8) is 0 Å². The van der Waals surface area contributed by atoms with Crippen LogP contribution in [-0.2, 0) is 9.59 Å². The van der Waals surface area contributed by atoms with Crippen molar-refractivity contribution in [3.8, 4) is 0 Å². The lowest BCUT2D eigenvalue weighted by Crippen LogP contribution is -2.47. The number of nitrogens with zero attached hydrogens (tertiary/aromatic N) is 1. The van der Waals surface area contributed by atoms with Gasteiger partial charge in [0, 0.05) is 19.5 Å². The number of unbranched alkanes of at least 4 members (excludes halogenated alkanes) is 1. The number of nitrogens with two attached hydrogens (primary N) is 1. The lowest BCUT2D eigenvalue weighted by molar-refractivity contribution is -0.138. The molecular formula is C13H24N2O3. The largest absolute Gasteiger partial charge is 0.481 e. The van der Waals surface area contributed by atoms with Crippen LogP contribution in [0.3, 0.4) is 0 Å². The molecule has 0 aliphatic carbocycles. The molecule has 18 heavy (non-hydrogen) atoms. The summed E-state index contributed by atoms with van der Waals surface area (Å²) in [5.41, 5.74) is 5.86. The van der Waals surface area contributed by atoms with Crippen LogP contribution in [0.25, 0.3) is 0 Å². The van der Waals surface area contributed by atoms with E-state index in [1.54, 1.807) is 4.90 Å². The van der Waals surface area contributed by atoms with E-state index in [2.05, 4.69) is 6.92 Å². The first-order chi connectivity index (χ1) is 8.54. The molecule has 5 nitrogen and oxygen atoms in total. The van der Waals surface area contributed by atoms with Gasteiger partial charge in [-0.3, -0.25) is 9.59 Å². The summed E-state index contributed by atoms with van der Waals surface area (Å²) in [7, 11) is 0. The maximum absolute atomic E-state index is 12.0. The number of carbonyl (C=O) groups excluding carboxylic acids is 1. The molecule has 0 aromatic carbocycles. The van der Waals surface area contributed by atoms with Gasteiger partial charge in [-0.15, -0.1) is 0 Å². The molecule has 1 aliphatic heterocycles. The maximum Gasteiger partial charge on any atom is 0.303 e. The zero-order valence-corrected chi connectivity index (χ0v) is 11.1. The van der Waals surface area contributed by atoms with Crippen LogP contribution in [0.2, 0.25) is 0 Å². The number of carbonyl (C=O) groups is 2. The summed E-state index contributed by atoms with van der Waals surface area (Å²) in [6.45, 7) is 3.38. The molecule has 0 spiro atoms. The van der Waals surface area contributed by atoms with Gasteiger partial charge in [-0.25, -0.2) is 0 Å². The monoisotopic (exact) mass is 256 g/mol. The number of amides is 1. The summed E-state index contributed by atoms with van der Waals surface area (Å²) in [6.07, 6.45) is 4.52. The van der Waals surface area contributed by atoms with Crippen LogP contribution >= 0.6 is 0 Å². The molecule has 3 N–H and O–H groups in total. The predicted molar refractivity (Wildman–Crippen MR) is 69.1 cm³/mol. The van der Waals surface area contributed by atoms with Crippen LogP contribution in [0.1, 0.15) is 45.4 Å². The first-order valence-corrected chi connectivity index (χ1v) is 6.80. The molecule has 1 fully saturated rings. The Balaban J connectivity index is 2.33. The fourth-order valence-electron chi connectivity index (χ4n) is 2.39. The highest BCUT2D eigenvalue weighted by Gasteiger charge is 2.26. The normalized spacial score (nSPS) is 18.7. The van der Waals surface area contributed by atoms with Gasteiger partial charge in [0.05, 0.1) is 6.04 Å². The molecule has 1 atom stereocenters. The molecule has 1 heterocycles. The number of piperidine rings is 1. The van der Waals surface area contributed by atoms with Crippen molar-refractivity contribution in [1.82, 2.24) is 4.90 Å². The molecule has 0 saturated carbocycles. The number of rotatable bonds is 6. The Labute approximate surface area is 108 Å². The van der Waals surface area contributed by atoms with E-state index >= 15 is 0 Å². The highest BCUT2D eigenvalue weighted by atomic mass is 16.4. The van der Waals surface area contributed by atoms with E-state index in [4.69, 9.17) is 10.8 Å². The van der Waals surface area contributed by atoms with Gasteiger partial charge in [0.2, 0.25) is 5.91 Å². The van der Waals surface area contributed by atoms with Crippen molar-refractivity contribution in [2.24, 2.45) is 11.7 Å². The first kappa shape index (κ1) is 15.0. The van der Waals surface area contributed by atoms with Crippen LogP contribution in [0.4, 0.5) is 0 Å². The Bertz CT molecular complexity index is 286. The van der Waals surface area contributed by atoms with Crippen molar-refractivity contribution in [1.29, 1.82) is 0 Å². The Morgan fingerprint density at radius 1 is 1.39 bits per heavy atom. The van der Waals surface area contributed by atoms with E-state index in [9.17, 15) is 9.59 Å². The number of carboxylic acids is 1. The maximum atomic E-state index is 12.0. The molecule has 1 amide bonds. The molecule has 104 valence electrons. The van der Waals surface area contributed by atoms with E-state index in [0.29, 0.717) is 13.1 Å². The van der Waals surface area contributed by atoms with Crippen molar-refractivity contribution < 1.29 is 14.7 Å². The second-order valence-corrected chi connectivity index (χ2v) is 5.12. The summed E-state index contributed by atoms with van der Waals surface area (Å²) in [5.74, 6) is -0.518. The summed E-state index contributed by atoms with van der Waals surface area (Å²) >= 11 is 0. The van der Waals surface area contributed by atoms with Gasteiger partial charge in [-0.2, -0.15) is 0 Å². The average Bonchev–Trinajstić information content (AvgIpc) is 2.35. The van der Waals surface area contributed by atoms with Crippen molar-refractivity contribution in [3.05, 3.63) is 0 Å². The standard InChI is InChI=1S/C13H24N2O3/c1-2-3-4-11(14)13(18)15-7-5-10(6-8-15)9-12(16)17/h10-11H,2-9,14H2,1H3,(H,16,17). The van der Waals surface area contributed by atoms with Gasteiger partial charge >= 0.3 is 5.97 Å². The van der Waals surface area contributed by atoms with Crippen molar-refractivity contribution >= 4 is 11.9 Å². The van der Waals surface area contributed by atoms with E-state index in [1.165, 1.54) is 0 Å². The third-order valence-corrected chi connectivity index (χ3v) is 3.58. The molecule has 0 bridgehead atoms. The highest BCUT2D eigenvalue weighted by molar-refractivity contribution is 5.81. The van der Waals surface area contributed by atoms with Gasteiger partial charge in [0.25, 0.3) is 0 Å². The van der Waals surface area contributed by atoms with E-state index in [1.807, 2.05) is 0 Å². The Morgan fingerprint density at radius 2 is 2.00 bits per heavy atom. The number of hydrogen-bond donors (Lipinski definition) is 2. The quantitative estimate of drug-likeness (QED) is 0.748. The minimum atomic E-state index is -0.751. The topological polar surface area (TPSA) is 83.6 Å². The lowest BCUT2D eigenvalue weighted by atomic mass is 9.93. The highest BCUT2D eigenvalue weighted by Crippen LogP contribution is 2.21. The number of aliphatic carboxylic acids is 1. The summed E-state index contributed by atoms with van der Waals surface area (Å²) in [6, 6.07) is -0.388. The smallest absolute Gasteiger partial charge is 0.303 e. The van der Waals surface area contributed by atoms with Crippen LogP contribution in [-0.4, -0.2) is 41.0 Å². The Morgan fingerprint density at radius 3 is 2.50 bits per heavy atom. The van der Waals surface area contributed by atoms with Gasteiger partial charge in [0.15, 0.2) is 0 Å². The fourth-order valence-corrected chi connectivity index (χ4v) is 2.39. The van der Waals surface area contributed by atoms with Crippen LogP contribution in [0.5, 0.6) is 0 Å². The summed E-state index contributed by atoms with van der Waals surface area (Å²) < 4.78 is 0. The molecule has 1 saturated heterocycles. The van der Waals surface area contributed by atoms with Crippen molar-refractivity contribution in [2.45, 2.75) is 51.5 Å². The summed E-state index contributed by atoms with van der Waals surface area (Å²) in [4.78, 5) is 24.4. The molecule has 1 unspecified atom stereocenters. The van der Waals surface area contributed by atoms with Crippen LogP contribution in [0, 0.1) is 5.92 Å². The Hall–Kier alpha value is -1.10. The van der Waals surface area contributed by atoms with E-state index in [-0.39, 0.29) is 24.3 Å². The minimum absolute atomic E-state index is 0.0252. The third kappa shape index (κ3) is 4.64. The zero-order chi connectivity index (χ0) is 13.5. The molecule has 0 radical (unpaired) electrons. The van der Waals surface area contributed by atoms with E-state index in [0.717, 1.165) is 32.1 Å². The molecule has 0 aromatic heterocycles. The number of hydrogen-bond acceptors (Lipinski definition) is 3. The first-order valence-electron chi connectivity index (χ1n) is 6.80. The summed E-state index contributed by atoms with van der Waals surface area (Å²) in [5, 5.41) is 8.73. The third-order valence-electron chi connectivity index (χ3n) is 3.58. The lowest BCUT2D eigenvalue weighted by Gasteiger charge is -2.33. The fraction of sp³-hybridized carbons (Fsp3) is 0.846. The zero-order valence-electron chi connectivity index (χ0n) is 11.1. The van der Waals surface area contributed by atoms with Gasteiger partial charge < -0.3 is 15.7 Å². The van der Waals surface area contributed by atoms with Crippen molar-refractivity contribution in [2.75, 3.05) is 13.1 Å². The van der Waals surface area contributed by atoms with Crippen LogP contribution in [0.15, 0.2) is 0 Å². The minimum Gasteiger partial charge on any atom is -0.481 e. The van der Waals surface area contributed by atoms with Gasteiger partial charge in [-0.05, 0) is 25.2 Å². The Kier molecular flexibility index (Phi) is 6.12. The van der Waals surface area contributed by atoms with E-state index < -0.39 is 5.97 Å². The second kappa shape index (κ2) is 7.36. The molecular weight excluding hydrogens is 232 g/mol. The number of likely N-dealkylation sites (tertiary alicyclic amines) is 1. The van der Waals surface area contributed by atoms with Gasteiger partial charge in [0.1, 0.15) is 0 Å². The average molecular weight is 256 g/mol. The predicted octanol–water partition coefficient (Wildman–Crippen LogP) is 1.22. The molecule has 1 rings (SSSR count). The molecule has 1 aliphatic rings. The molecule has 0 aromatic rings. The second-order valence-electron chi connectivity index (χ2n) is 5.12. The van der Waals surface area contributed by atoms with Crippen LogP contribution < -0.4 is 5.73 Å².